The van der Waals surface area contributed by atoms with Gasteiger partial charge in [-0.3, -0.25) is 4.79 Å². The van der Waals surface area contributed by atoms with E-state index in [1.54, 1.807) is 30.5 Å². The zero-order valence-electron chi connectivity index (χ0n) is 14.3. The van der Waals surface area contributed by atoms with Crippen LogP contribution in [-0.2, 0) is 4.79 Å². The Balaban J connectivity index is 1.70. The van der Waals surface area contributed by atoms with Gasteiger partial charge in [0.05, 0.1) is 6.21 Å². The first-order valence-corrected chi connectivity index (χ1v) is 9.02. The lowest BCUT2D eigenvalue weighted by molar-refractivity contribution is -0.140. The number of hydrogen-bond acceptors (Lipinski definition) is 4. The summed E-state index contributed by atoms with van der Waals surface area (Å²) >= 11 is 3.43. The molecule has 0 saturated heterocycles. The highest BCUT2D eigenvalue weighted by Gasteiger charge is 2.22. The molecule has 136 valence electrons. The molecule has 3 aromatic rings. The zero-order valence-corrected chi connectivity index (χ0v) is 15.9. The van der Waals surface area contributed by atoms with Crippen molar-refractivity contribution in [1.82, 2.24) is 5.43 Å². The fourth-order valence-electron chi connectivity index (χ4n) is 2.17. The van der Waals surface area contributed by atoms with E-state index in [0.717, 1.165) is 10.0 Å². The third kappa shape index (κ3) is 5.69. The molecule has 0 spiro atoms. The van der Waals surface area contributed by atoms with E-state index in [2.05, 4.69) is 26.5 Å². The van der Waals surface area contributed by atoms with Crippen molar-refractivity contribution in [2.24, 2.45) is 5.10 Å². The summed E-state index contributed by atoms with van der Waals surface area (Å²) in [7, 11) is 0. The van der Waals surface area contributed by atoms with Crippen LogP contribution in [0.15, 0.2) is 94.5 Å². The number of amides is 1. The molecule has 3 rings (SSSR count). The van der Waals surface area contributed by atoms with Crippen LogP contribution in [0.25, 0.3) is 0 Å². The Labute approximate surface area is 165 Å². The number of hydrogen-bond donors (Lipinski definition) is 1. The van der Waals surface area contributed by atoms with E-state index >= 15 is 0 Å². The van der Waals surface area contributed by atoms with Crippen molar-refractivity contribution < 1.29 is 14.3 Å². The van der Waals surface area contributed by atoms with E-state index in [0.29, 0.717) is 11.5 Å². The van der Waals surface area contributed by atoms with Gasteiger partial charge in [0.2, 0.25) is 0 Å². The van der Waals surface area contributed by atoms with Gasteiger partial charge >= 0.3 is 12.2 Å². The average Bonchev–Trinajstić information content (AvgIpc) is 2.70. The summed E-state index contributed by atoms with van der Waals surface area (Å²) in [5.74, 6) is 0.512. The van der Waals surface area contributed by atoms with Gasteiger partial charge in [-0.05, 0) is 30.3 Å². The van der Waals surface area contributed by atoms with E-state index in [-0.39, 0.29) is 0 Å². The molecule has 0 atom stereocenters. The lowest BCUT2D eigenvalue weighted by Gasteiger charge is -2.18. The molecule has 0 aliphatic heterocycles. The Morgan fingerprint density at radius 2 is 1.37 bits per heavy atom. The van der Waals surface area contributed by atoms with Gasteiger partial charge in [-0.25, -0.2) is 5.43 Å². The highest BCUT2D eigenvalue weighted by molar-refractivity contribution is 9.10. The fraction of sp³-hybridized carbons (Fsp3) is 0.0476. The number of carbonyl (C=O) groups excluding carboxylic acids is 1. The molecule has 1 N–H and O–H groups in total. The molecule has 0 radical (unpaired) electrons. The van der Waals surface area contributed by atoms with E-state index in [9.17, 15) is 4.79 Å². The maximum atomic E-state index is 12.5. The summed E-state index contributed by atoms with van der Waals surface area (Å²) in [5.41, 5.74) is 3.29. The van der Waals surface area contributed by atoms with Crippen molar-refractivity contribution in [3.8, 4) is 11.5 Å². The van der Waals surface area contributed by atoms with Gasteiger partial charge in [0.15, 0.2) is 0 Å². The van der Waals surface area contributed by atoms with Gasteiger partial charge in [0, 0.05) is 10.0 Å². The second kappa shape index (κ2) is 9.54. The summed E-state index contributed by atoms with van der Waals surface area (Å²) in [6, 6.07) is 25.5. The predicted octanol–water partition coefficient (Wildman–Crippen LogP) is 4.38. The second-order valence-corrected chi connectivity index (χ2v) is 6.30. The Bertz CT molecular complexity index is 860. The number of para-hydroxylation sites is 2. The van der Waals surface area contributed by atoms with E-state index in [4.69, 9.17) is 9.47 Å². The minimum absolute atomic E-state index is 0.517. The quantitative estimate of drug-likeness (QED) is 0.347. The number of benzene rings is 3. The lowest BCUT2D eigenvalue weighted by atomic mass is 10.2. The first kappa shape index (κ1) is 18.7. The molecule has 0 aliphatic rings. The zero-order chi connectivity index (χ0) is 18.9. The molecular weight excluding hydrogens is 408 g/mol. The third-order valence-corrected chi connectivity index (χ3v) is 4.19. The molecule has 0 bridgehead atoms. The minimum atomic E-state index is -1.19. The van der Waals surface area contributed by atoms with Crippen LogP contribution >= 0.6 is 15.9 Å². The van der Waals surface area contributed by atoms with Gasteiger partial charge < -0.3 is 9.47 Å². The van der Waals surface area contributed by atoms with Gasteiger partial charge in [-0.2, -0.15) is 5.10 Å². The maximum Gasteiger partial charge on any atom is 0.323 e. The first-order valence-electron chi connectivity index (χ1n) is 8.23. The van der Waals surface area contributed by atoms with Crippen LogP contribution < -0.4 is 14.9 Å². The summed E-state index contributed by atoms with van der Waals surface area (Å²) in [6.45, 7) is 0. The van der Waals surface area contributed by atoms with Crippen molar-refractivity contribution in [3.05, 3.63) is 95.0 Å². The van der Waals surface area contributed by atoms with Crippen LogP contribution in [0, 0.1) is 0 Å². The van der Waals surface area contributed by atoms with Crippen LogP contribution in [0.5, 0.6) is 11.5 Å². The molecule has 1 amide bonds. The number of nitrogens with one attached hydrogen (secondary N) is 1. The molecule has 0 aromatic heterocycles. The number of ether oxygens (including phenoxy) is 2. The van der Waals surface area contributed by atoms with Crippen LogP contribution in [-0.4, -0.2) is 18.4 Å². The molecule has 0 aliphatic carbocycles. The van der Waals surface area contributed by atoms with Crippen LogP contribution in [0.4, 0.5) is 0 Å². The Hall–Kier alpha value is -3.12. The van der Waals surface area contributed by atoms with Crippen molar-refractivity contribution in [1.29, 1.82) is 0 Å². The molecule has 3 aromatic carbocycles. The molecule has 0 saturated carbocycles. The number of carbonyl (C=O) groups is 1. The van der Waals surface area contributed by atoms with E-state index in [1.807, 2.05) is 60.7 Å². The molecule has 5 nitrogen and oxygen atoms in total. The SMILES string of the molecule is O=C(N/N=C/c1ccccc1Br)C(Oc1ccccc1)Oc1ccccc1. The Kier molecular flexibility index (Phi) is 6.60. The van der Waals surface area contributed by atoms with E-state index in [1.165, 1.54) is 0 Å². The van der Waals surface area contributed by atoms with Crippen LogP contribution in [0.2, 0.25) is 0 Å². The van der Waals surface area contributed by atoms with Gasteiger partial charge in [0.25, 0.3) is 0 Å². The Morgan fingerprint density at radius 3 is 1.93 bits per heavy atom. The van der Waals surface area contributed by atoms with Crippen molar-refractivity contribution in [2.75, 3.05) is 0 Å². The molecule has 6 heteroatoms. The lowest BCUT2D eigenvalue weighted by Crippen LogP contribution is -2.40. The molecule has 0 heterocycles. The van der Waals surface area contributed by atoms with Crippen LogP contribution in [0.1, 0.15) is 5.56 Å². The van der Waals surface area contributed by atoms with Crippen molar-refractivity contribution in [3.63, 3.8) is 0 Å². The smallest absolute Gasteiger partial charge is 0.323 e. The van der Waals surface area contributed by atoms with E-state index < -0.39 is 12.2 Å². The molecule has 0 unspecified atom stereocenters. The number of hydrazone groups is 1. The third-order valence-electron chi connectivity index (χ3n) is 3.47. The van der Waals surface area contributed by atoms with Crippen molar-refractivity contribution >= 4 is 28.1 Å². The van der Waals surface area contributed by atoms with Crippen LogP contribution in [0.3, 0.4) is 0 Å². The highest BCUT2D eigenvalue weighted by atomic mass is 79.9. The average molecular weight is 425 g/mol. The fourth-order valence-corrected chi connectivity index (χ4v) is 2.56. The normalized spacial score (nSPS) is 10.7. The standard InChI is InChI=1S/C21H17BrN2O3/c22-19-14-8-7-9-16(19)15-23-24-20(25)21(26-17-10-3-1-4-11-17)27-18-12-5-2-6-13-18/h1-15,21H,(H,24,25)/b23-15+. The highest BCUT2D eigenvalue weighted by Crippen LogP contribution is 2.16. The summed E-state index contributed by atoms with van der Waals surface area (Å²) in [6.07, 6.45) is 0.357. The Morgan fingerprint density at radius 1 is 0.852 bits per heavy atom. The summed E-state index contributed by atoms with van der Waals surface area (Å²) < 4.78 is 12.3. The second-order valence-electron chi connectivity index (χ2n) is 5.45. The number of halogens is 1. The van der Waals surface area contributed by atoms with Crippen molar-refractivity contribution in [2.45, 2.75) is 6.29 Å². The maximum absolute atomic E-state index is 12.5. The minimum Gasteiger partial charge on any atom is -0.446 e. The largest absolute Gasteiger partial charge is 0.446 e. The first-order chi connectivity index (χ1) is 13.2. The van der Waals surface area contributed by atoms with Gasteiger partial charge in [-0.15, -0.1) is 0 Å². The predicted molar refractivity (Wildman–Crippen MR) is 108 cm³/mol. The summed E-state index contributed by atoms with van der Waals surface area (Å²) in [5, 5.41) is 3.99. The van der Waals surface area contributed by atoms with Gasteiger partial charge in [-0.1, -0.05) is 70.5 Å². The molecule has 0 fully saturated rings. The molecule has 27 heavy (non-hydrogen) atoms. The molecular formula is C21H17BrN2O3. The summed E-state index contributed by atoms with van der Waals surface area (Å²) in [4.78, 5) is 12.5. The monoisotopic (exact) mass is 424 g/mol. The topological polar surface area (TPSA) is 59.9 Å². The number of nitrogens with zero attached hydrogens (tertiary/aromatic N) is 1. The van der Waals surface area contributed by atoms with Gasteiger partial charge in [0.1, 0.15) is 11.5 Å². The number of rotatable bonds is 7.